The Balaban J connectivity index is 2.01. The van der Waals surface area contributed by atoms with Crippen molar-refractivity contribution in [2.45, 2.75) is 58.5 Å². The highest BCUT2D eigenvalue weighted by Gasteiger charge is 2.45. The second-order valence-electron chi connectivity index (χ2n) is 5.97. The zero-order chi connectivity index (χ0) is 9.53. The van der Waals surface area contributed by atoms with Gasteiger partial charge in [-0.15, -0.1) is 0 Å². The lowest BCUT2D eigenvalue weighted by atomic mass is 9.77. The van der Waals surface area contributed by atoms with Gasteiger partial charge in [-0.1, -0.05) is 33.6 Å². The Morgan fingerprint density at radius 1 is 1.15 bits per heavy atom. The van der Waals surface area contributed by atoms with Crippen LogP contribution in [0.5, 0.6) is 0 Å². The maximum atomic E-state index is 6.04. The lowest BCUT2D eigenvalue weighted by Gasteiger charge is -2.27. The van der Waals surface area contributed by atoms with Gasteiger partial charge in [-0.05, 0) is 30.6 Å². The van der Waals surface area contributed by atoms with Crippen LogP contribution in [0.1, 0.15) is 52.9 Å². The van der Waals surface area contributed by atoms with Crippen molar-refractivity contribution in [1.29, 1.82) is 0 Å². The van der Waals surface area contributed by atoms with Crippen molar-refractivity contribution < 1.29 is 4.74 Å². The Labute approximate surface area is 81.9 Å². The molecule has 1 saturated heterocycles. The van der Waals surface area contributed by atoms with Crippen molar-refractivity contribution >= 4 is 0 Å². The highest BCUT2D eigenvalue weighted by Crippen LogP contribution is 2.47. The van der Waals surface area contributed by atoms with Gasteiger partial charge in [0, 0.05) is 0 Å². The van der Waals surface area contributed by atoms with E-state index in [2.05, 4.69) is 20.8 Å². The van der Waals surface area contributed by atoms with Crippen LogP contribution >= 0.6 is 0 Å². The molecule has 1 aliphatic carbocycles. The van der Waals surface area contributed by atoms with Gasteiger partial charge >= 0.3 is 0 Å². The van der Waals surface area contributed by atoms with Crippen LogP contribution in [0.25, 0.3) is 0 Å². The molecule has 1 spiro atoms. The third kappa shape index (κ3) is 1.76. The molecular formula is C12H22O. The summed E-state index contributed by atoms with van der Waals surface area (Å²) in [5, 5.41) is 0. The van der Waals surface area contributed by atoms with Gasteiger partial charge in [0.05, 0.1) is 12.2 Å². The molecule has 2 fully saturated rings. The summed E-state index contributed by atoms with van der Waals surface area (Å²) < 4.78 is 6.04. The molecule has 1 heterocycles. The predicted octanol–water partition coefficient (Wildman–Crippen LogP) is 3.38. The van der Waals surface area contributed by atoms with Gasteiger partial charge in [0.2, 0.25) is 0 Å². The van der Waals surface area contributed by atoms with Gasteiger partial charge in [0.15, 0.2) is 0 Å². The summed E-state index contributed by atoms with van der Waals surface area (Å²) in [6.07, 6.45) is 6.73. The van der Waals surface area contributed by atoms with E-state index in [-0.39, 0.29) is 0 Å². The molecule has 0 unspecified atom stereocenters. The Morgan fingerprint density at radius 2 is 1.77 bits per heavy atom. The number of hydrogen-bond donors (Lipinski definition) is 0. The van der Waals surface area contributed by atoms with E-state index in [1.807, 2.05) is 0 Å². The third-order valence-corrected chi connectivity index (χ3v) is 3.95. The third-order valence-electron chi connectivity index (χ3n) is 3.95. The van der Waals surface area contributed by atoms with E-state index in [0.717, 1.165) is 12.5 Å². The first-order valence-electron chi connectivity index (χ1n) is 5.66. The summed E-state index contributed by atoms with van der Waals surface area (Å²) in [6, 6.07) is 0. The summed E-state index contributed by atoms with van der Waals surface area (Å²) in [6.45, 7) is 8.03. The largest absolute Gasteiger partial charge is 0.375 e. The molecule has 1 heteroatoms. The molecule has 13 heavy (non-hydrogen) atoms. The maximum Gasteiger partial charge on any atom is 0.0686 e. The van der Waals surface area contributed by atoms with Crippen molar-refractivity contribution in [3.8, 4) is 0 Å². The topological polar surface area (TPSA) is 9.23 Å². The van der Waals surface area contributed by atoms with Gasteiger partial charge in [0.25, 0.3) is 0 Å². The Hall–Kier alpha value is -0.0400. The molecule has 0 aromatic rings. The van der Waals surface area contributed by atoms with Gasteiger partial charge in [-0.2, -0.15) is 0 Å². The zero-order valence-electron chi connectivity index (χ0n) is 9.23. The summed E-state index contributed by atoms with van der Waals surface area (Å²) in [4.78, 5) is 0. The zero-order valence-corrected chi connectivity index (χ0v) is 9.23. The van der Waals surface area contributed by atoms with Gasteiger partial charge in [-0.3, -0.25) is 0 Å². The molecule has 0 N–H and O–H groups in total. The second kappa shape index (κ2) is 2.98. The van der Waals surface area contributed by atoms with E-state index in [1.54, 1.807) is 0 Å². The van der Waals surface area contributed by atoms with E-state index in [4.69, 9.17) is 4.74 Å². The molecule has 1 atom stereocenters. The van der Waals surface area contributed by atoms with Crippen molar-refractivity contribution in [3.63, 3.8) is 0 Å². The first-order chi connectivity index (χ1) is 6.02. The van der Waals surface area contributed by atoms with E-state index < -0.39 is 0 Å². The number of hydrogen-bond acceptors (Lipinski definition) is 1. The van der Waals surface area contributed by atoms with E-state index in [9.17, 15) is 0 Å². The first-order valence-corrected chi connectivity index (χ1v) is 5.66. The van der Waals surface area contributed by atoms with Crippen LogP contribution in [0.3, 0.4) is 0 Å². The highest BCUT2D eigenvalue weighted by atomic mass is 16.5. The fraction of sp³-hybridized carbons (Fsp3) is 1.00. The van der Waals surface area contributed by atoms with Crippen LogP contribution in [-0.2, 0) is 4.74 Å². The molecule has 1 aliphatic heterocycles. The Bertz CT molecular complexity index is 184. The minimum absolute atomic E-state index is 0.317. The van der Waals surface area contributed by atoms with Crippen molar-refractivity contribution in [2.75, 3.05) is 6.61 Å². The highest BCUT2D eigenvalue weighted by molar-refractivity contribution is 4.95. The van der Waals surface area contributed by atoms with Crippen LogP contribution in [0, 0.1) is 11.3 Å². The molecule has 2 aliphatic rings. The molecule has 2 rings (SSSR count). The molecule has 0 aromatic carbocycles. The van der Waals surface area contributed by atoms with Crippen LogP contribution in [0.2, 0.25) is 0 Å². The SMILES string of the molecule is CC(C)(C)[C@H]1COC2(CCCC2)C1. The molecule has 1 saturated carbocycles. The average molecular weight is 182 g/mol. The summed E-state index contributed by atoms with van der Waals surface area (Å²) in [5.74, 6) is 0.783. The lowest BCUT2D eigenvalue weighted by Crippen LogP contribution is -2.25. The van der Waals surface area contributed by atoms with Crippen molar-refractivity contribution in [1.82, 2.24) is 0 Å². The summed E-state index contributed by atoms with van der Waals surface area (Å²) >= 11 is 0. The maximum absolute atomic E-state index is 6.04. The first kappa shape index (κ1) is 9.51. The van der Waals surface area contributed by atoms with Crippen LogP contribution in [0.15, 0.2) is 0 Å². The van der Waals surface area contributed by atoms with Crippen LogP contribution < -0.4 is 0 Å². The fourth-order valence-electron chi connectivity index (χ4n) is 2.77. The molecule has 76 valence electrons. The van der Waals surface area contributed by atoms with Crippen molar-refractivity contribution in [2.24, 2.45) is 11.3 Å². The minimum atomic E-state index is 0.317. The molecule has 0 radical (unpaired) electrons. The normalized spacial score (nSPS) is 33.0. The minimum Gasteiger partial charge on any atom is -0.375 e. The van der Waals surface area contributed by atoms with Crippen LogP contribution in [0.4, 0.5) is 0 Å². The van der Waals surface area contributed by atoms with Gasteiger partial charge in [0.1, 0.15) is 0 Å². The smallest absolute Gasteiger partial charge is 0.0686 e. The predicted molar refractivity (Wildman–Crippen MR) is 54.7 cm³/mol. The Kier molecular flexibility index (Phi) is 2.18. The molecule has 0 aromatic heterocycles. The van der Waals surface area contributed by atoms with Crippen LogP contribution in [-0.4, -0.2) is 12.2 Å². The number of rotatable bonds is 0. The van der Waals surface area contributed by atoms with Gasteiger partial charge in [-0.25, -0.2) is 0 Å². The summed E-state index contributed by atoms with van der Waals surface area (Å²) in [7, 11) is 0. The average Bonchev–Trinajstić information content (AvgIpc) is 2.60. The van der Waals surface area contributed by atoms with E-state index >= 15 is 0 Å². The molecular weight excluding hydrogens is 160 g/mol. The molecule has 0 amide bonds. The van der Waals surface area contributed by atoms with E-state index in [1.165, 1.54) is 32.1 Å². The fourth-order valence-corrected chi connectivity index (χ4v) is 2.77. The number of ether oxygens (including phenoxy) is 1. The van der Waals surface area contributed by atoms with Crippen molar-refractivity contribution in [3.05, 3.63) is 0 Å². The monoisotopic (exact) mass is 182 g/mol. The van der Waals surface area contributed by atoms with E-state index in [0.29, 0.717) is 11.0 Å². The molecule has 1 nitrogen and oxygen atoms in total. The quantitative estimate of drug-likeness (QED) is 0.558. The molecule has 0 bridgehead atoms. The lowest BCUT2D eigenvalue weighted by molar-refractivity contribution is 0.00791. The second-order valence-corrected chi connectivity index (χ2v) is 5.97. The standard InChI is InChI=1S/C12H22O/c1-11(2,3)10-8-12(13-9-10)6-4-5-7-12/h10H,4-9H2,1-3H3/t10-/m1/s1. The van der Waals surface area contributed by atoms with Gasteiger partial charge < -0.3 is 4.74 Å². The Morgan fingerprint density at radius 3 is 2.23 bits per heavy atom. The summed E-state index contributed by atoms with van der Waals surface area (Å²) in [5.41, 5.74) is 0.754.